The standard InChI is InChI=1S/C26H23N5O2/c1-30-24(19-7-3-2-4-8-19)23(21-9-5-6-10-22(21)26(30)33)25(32)29-20-13-11-18(12-14-20)15-31-17-27-16-28-31/h2-14,16-17,23-24H,15H2,1H3,(H,29,32)/t23-,24+/m0/s1. The third kappa shape index (κ3) is 4.01. The van der Waals surface area contributed by atoms with E-state index in [1.807, 2.05) is 72.8 Å². The number of rotatable bonds is 5. The first-order valence-corrected chi connectivity index (χ1v) is 10.7. The van der Waals surface area contributed by atoms with E-state index in [1.54, 1.807) is 29.0 Å². The second-order valence-electron chi connectivity index (χ2n) is 8.12. The molecule has 2 amide bonds. The Morgan fingerprint density at radius 1 is 0.970 bits per heavy atom. The van der Waals surface area contributed by atoms with Crippen molar-refractivity contribution < 1.29 is 9.59 Å². The molecule has 0 saturated heterocycles. The van der Waals surface area contributed by atoms with E-state index in [4.69, 9.17) is 0 Å². The molecule has 1 aromatic heterocycles. The number of aromatic nitrogens is 3. The minimum atomic E-state index is -0.541. The normalized spacial score (nSPS) is 17.5. The van der Waals surface area contributed by atoms with Crippen molar-refractivity contribution in [2.75, 3.05) is 12.4 Å². The summed E-state index contributed by atoms with van der Waals surface area (Å²) >= 11 is 0. The lowest BCUT2D eigenvalue weighted by atomic mass is 9.79. The van der Waals surface area contributed by atoms with Gasteiger partial charge >= 0.3 is 0 Å². The molecular weight excluding hydrogens is 414 g/mol. The van der Waals surface area contributed by atoms with Gasteiger partial charge in [-0.25, -0.2) is 9.67 Å². The number of carbonyl (C=O) groups is 2. The first kappa shape index (κ1) is 20.6. The van der Waals surface area contributed by atoms with Crippen LogP contribution in [0.15, 0.2) is 91.5 Å². The maximum atomic E-state index is 13.6. The quantitative estimate of drug-likeness (QED) is 0.514. The maximum absolute atomic E-state index is 13.6. The van der Waals surface area contributed by atoms with Crippen molar-refractivity contribution in [2.45, 2.75) is 18.5 Å². The molecule has 2 heterocycles. The van der Waals surface area contributed by atoms with Crippen LogP contribution in [0.4, 0.5) is 5.69 Å². The summed E-state index contributed by atoms with van der Waals surface area (Å²) in [7, 11) is 1.76. The van der Waals surface area contributed by atoms with Crippen LogP contribution in [-0.2, 0) is 11.3 Å². The second kappa shape index (κ2) is 8.70. The summed E-state index contributed by atoms with van der Waals surface area (Å²) in [5.74, 6) is -0.776. The molecule has 0 unspecified atom stereocenters. The predicted octanol–water partition coefficient (Wildman–Crippen LogP) is 3.88. The van der Waals surface area contributed by atoms with Crippen LogP contribution in [0.5, 0.6) is 0 Å². The molecule has 2 atom stereocenters. The Balaban J connectivity index is 1.45. The minimum Gasteiger partial charge on any atom is -0.334 e. The van der Waals surface area contributed by atoms with Crippen molar-refractivity contribution in [3.05, 3.63) is 114 Å². The second-order valence-corrected chi connectivity index (χ2v) is 8.12. The van der Waals surface area contributed by atoms with E-state index in [1.165, 1.54) is 6.33 Å². The molecule has 0 radical (unpaired) electrons. The summed E-state index contributed by atoms with van der Waals surface area (Å²) in [6.07, 6.45) is 3.17. The summed E-state index contributed by atoms with van der Waals surface area (Å²) in [6.45, 7) is 0.604. The third-order valence-corrected chi connectivity index (χ3v) is 6.04. The van der Waals surface area contributed by atoms with E-state index >= 15 is 0 Å². The fraction of sp³-hybridized carbons (Fsp3) is 0.154. The maximum Gasteiger partial charge on any atom is 0.254 e. The van der Waals surface area contributed by atoms with E-state index < -0.39 is 12.0 Å². The number of nitrogens with zero attached hydrogens (tertiary/aromatic N) is 4. The molecule has 1 N–H and O–H groups in total. The highest BCUT2D eigenvalue weighted by atomic mass is 16.2. The predicted molar refractivity (Wildman–Crippen MR) is 125 cm³/mol. The van der Waals surface area contributed by atoms with Crippen LogP contribution in [0.3, 0.4) is 0 Å². The van der Waals surface area contributed by atoms with E-state index in [2.05, 4.69) is 15.4 Å². The van der Waals surface area contributed by atoms with Crippen molar-refractivity contribution in [1.82, 2.24) is 19.7 Å². The Kier molecular flexibility index (Phi) is 5.44. The molecule has 0 fully saturated rings. The molecule has 33 heavy (non-hydrogen) atoms. The largest absolute Gasteiger partial charge is 0.334 e. The number of carbonyl (C=O) groups excluding carboxylic acids is 2. The number of anilines is 1. The van der Waals surface area contributed by atoms with Gasteiger partial charge in [0.2, 0.25) is 5.91 Å². The van der Waals surface area contributed by atoms with Gasteiger partial charge in [-0.1, -0.05) is 60.7 Å². The molecule has 0 bridgehead atoms. The summed E-state index contributed by atoms with van der Waals surface area (Å²) in [4.78, 5) is 32.3. The van der Waals surface area contributed by atoms with Crippen LogP contribution in [0.1, 0.15) is 39.0 Å². The highest BCUT2D eigenvalue weighted by molar-refractivity contribution is 6.04. The van der Waals surface area contributed by atoms with E-state index in [0.717, 1.165) is 16.7 Å². The first-order valence-electron chi connectivity index (χ1n) is 10.7. The van der Waals surface area contributed by atoms with Crippen LogP contribution in [-0.4, -0.2) is 38.5 Å². The summed E-state index contributed by atoms with van der Waals surface area (Å²) in [6, 6.07) is 24.3. The smallest absolute Gasteiger partial charge is 0.254 e. The monoisotopic (exact) mass is 437 g/mol. The van der Waals surface area contributed by atoms with Crippen molar-refractivity contribution in [3.8, 4) is 0 Å². The van der Waals surface area contributed by atoms with Gasteiger partial charge in [0.15, 0.2) is 0 Å². The zero-order valence-corrected chi connectivity index (χ0v) is 18.1. The molecule has 0 saturated carbocycles. The lowest BCUT2D eigenvalue weighted by Crippen LogP contribution is -2.44. The highest BCUT2D eigenvalue weighted by Gasteiger charge is 2.42. The summed E-state index contributed by atoms with van der Waals surface area (Å²) < 4.78 is 1.74. The van der Waals surface area contributed by atoms with Gasteiger partial charge in [-0.2, -0.15) is 5.10 Å². The van der Waals surface area contributed by atoms with Gasteiger partial charge in [-0.15, -0.1) is 0 Å². The number of benzene rings is 3. The molecule has 5 rings (SSSR count). The number of nitrogens with one attached hydrogen (secondary N) is 1. The fourth-order valence-electron chi connectivity index (χ4n) is 4.44. The van der Waals surface area contributed by atoms with E-state index in [9.17, 15) is 9.59 Å². The lowest BCUT2D eigenvalue weighted by Gasteiger charge is -2.39. The molecule has 7 heteroatoms. The molecular formula is C26H23N5O2. The molecule has 7 nitrogen and oxygen atoms in total. The number of likely N-dealkylation sites (N-methyl/N-ethyl adjacent to an activating group) is 1. The topological polar surface area (TPSA) is 80.1 Å². The molecule has 0 aliphatic carbocycles. The molecule has 4 aromatic rings. The van der Waals surface area contributed by atoms with Crippen molar-refractivity contribution in [1.29, 1.82) is 0 Å². The first-order chi connectivity index (χ1) is 16.1. The molecule has 0 spiro atoms. The van der Waals surface area contributed by atoms with Crippen LogP contribution >= 0.6 is 0 Å². The summed E-state index contributed by atoms with van der Waals surface area (Å²) in [5, 5.41) is 7.18. The van der Waals surface area contributed by atoms with Gasteiger partial charge in [0.1, 0.15) is 12.7 Å². The highest BCUT2D eigenvalue weighted by Crippen LogP contribution is 2.42. The number of hydrogen-bond donors (Lipinski definition) is 1. The van der Waals surface area contributed by atoms with Crippen molar-refractivity contribution in [2.24, 2.45) is 0 Å². The SMILES string of the molecule is CN1C(=O)c2ccccc2[C@H](C(=O)Nc2ccc(Cn3cncn3)cc2)[C@H]1c1ccccc1. The Bertz CT molecular complexity index is 1270. The van der Waals surface area contributed by atoms with Crippen LogP contribution in [0, 0.1) is 0 Å². The van der Waals surface area contributed by atoms with E-state index in [-0.39, 0.29) is 11.8 Å². The van der Waals surface area contributed by atoms with Crippen molar-refractivity contribution >= 4 is 17.5 Å². The van der Waals surface area contributed by atoms with Crippen LogP contribution in [0.25, 0.3) is 0 Å². The Labute approximate surface area is 191 Å². The Hall–Kier alpha value is -4.26. The van der Waals surface area contributed by atoms with Crippen molar-refractivity contribution in [3.63, 3.8) is 0 Å². The van der Waals surface area contributed by atoms with Gasteiger partial charge in [0.05, 0.1) is 18.5 Å². The molecule has 164 valence electrons. The Morgan fingerprint density at radius 2 is 1.70 bits per heavy atom. The molecule has 1 aliphatic rings. The zero-order valence-electron chi connectivity index (χ0n) is 18.1. The Morgan fingerprint density at radius 3 is 2.42 bits per heavy atom. The number of hydrogen-bond acceptors (Lipinski definition) is 4. The minimum absolute atomic E-state index is 0.0824. The van der Waals surface area contributed by atoms with Gasteiger partial charge in [-0.3, -0.25) is 9.59 Å². The van der Waals surface area contributed by atoms with Gasteiger partial charge in [0.25, 0.3) is 5.91 Å². The van der Waals surface area contributed by atoms with Crippen LogP contribution in [0.2, 0.25) is 0 Å². The fourth-order valence-corrected chi connectivity index (χ4v) is 4.44. The average Bonchev–Trinajstić information content (AvgIpc) is 3.36. The van der Waals surface area contributed by atoms with Gasteiger partial charge in [0, 0.05) is 18.3 Å². The van der Waals surface area contributed by atoms with E-state index in [0.29, 0.717) is 17.8 Å². The zero-order chi connectivity index (χ0) is 22.8. The van der Waals surface area contributed by atoms with Gasteiger partial charge < -0.3 is 10.2 Å². The third-order valence-electron chi connectivity index (χ3n) is 6.04. The van der Waals surface area contributed by atoms with Gasteiger partial charge in [-0.05, 0) is 34.9 Å². The van der Waals surface area contributed by atoms with Crippen LogP contribution < -0.4 is 5.32 Å². The lowest BCUT2D eigenvalue weighted by molar-refractivity contribution is -0.119. The molecule has 1 aliphatic heterocycles. The summed E-state index contributed by atoms with van der Waals surface area (Å²) in [5.41, 5.74) is 3.98. The molecule has 3 aromatic carbocycles. The average molecular weight is 438 g/mol. The number of amides is 2. The number of fused-ring (bicyclic) bond motifs is 1.